The van der Waals surface area contributed by atoms with Crippen molar-refractivity contribution in [3.8, 4) is 0 Å². The van der Waals surface area contributed by atoms with Gasteiger partial charge in [0.15, 0.2) is 0 Å². The summed E-state index contributed by atoms with van der Waals surface area (Å²) >= 11 is 6.56. The molecule has 1 atom stereocenters. The van der Waals surface area contributed by atoms with Gasteiger partial charge in [0, 0.05) is 11.9 Å². The van der Waals surface area contributed by atoms with Crippen molar-refractivity contribution >= 4 is 44.5 Å². The van der Waals surface area contributed by atoms with Crippen molar-refractivity contribution in [2.75, 3.05) is 20.6 Å². The van der Waals surface area contributed by atoms with Crippen LogP contribution in [0.15, 0.2) is 32.1 Å². The number of thiophene rings is 2. The maximum atomic E-state index is 12.0. The predicted octanol–water partition coefficient (Wildman–Crippen LogP) is 3.60. The molecular weight excluding hydrogens is 344 g/mol. The Morgan fingerprint density at radius 1 is 1.47 bits per heavy atom. The van der Waals surface area contributed by atoms with E-state index in [1.807, 2.05) is 25.5 Å². The molecule has 19 heavy (non-hydrogen) atoms. The highest BCUT2D eigenvalue weighted by atomic mass is 79.9. The minimum Gasteiger partial charge on any atom is -0.350 e. The van der Waals surface area contributed by atoms with E-state index in [2.05, 4.69) is 43.0 Å². The summed E-state index contributed by atoms with van der Waals surface area (Å²) in [4.78, 5) is 14.1. The van der Waals surface area contributed by atoms with Gasteiger partial charge in [-0.15, -0.1) is 11.3 Å². The molecule has 0 saturated carbocycles. The Morgan fingerprint density at radius 2 is 2.26 bits per heavy atom. The molecule has 2 heterocycles. The molecule has 0 bridgehead atoms. The van der Waals surface area contributed by atoms with Crippen molar-refractivity contribution in [2.24, 2.45) is 0 Å². The van der Waals surface area contributed by atoms with Gasteiger partial charge in [-0.05, 0) is 58.5 Å². The number of likely N-dealkylation sites (N-methyl/N-ethyl adjacent to an activating group) is 1. The first-order valence-corrected chi connectivity index (χ1v) is 8.40. The van der Waals surface area contributed by atoms with Crippen LogP contribution in [-0.2, 0) is 0 Å². The van der Waals surface area contributed by atoms with E-state index in [1.54, 1.807) is 11.3 Å². The lowest BCUT2D eigenvalue weighted by Gasteiger charge is -2.23. The van der Waals surface area contributed by atoms with Crippen LogP contribution in [0.25, 0.3) is 0 Å². The molecule has 6 heteroatoms. The SMILES string of the molecule is CN(C)C(CNC(=O)c1csc(Br)c1)c1ccsc1. The second-order valence-electron chi connectivity index (χ2n) is 4.39. The standard InChI is InChI=1S/C13H15BrN2OS2/c1-16(2)11(9-3-4-18-7-9)6-15-13(17)10-5-12(14)19-8-10/h3-5,7-8,11H,6H2,1-2H3,(H,15,17). The summed E-state index contributed by atoms with van der Waals surface area (Å²) in [5, 5.41) is 9.03. The number of hydrogen-bond donors (Lipinski definition) is 1. The highest BCUT2D eigenvalue weighted by Gasteiger charge is 2.16. The van der Waals surface area contributed by atoms with Crippen molar-refractivity contribution in [1.82, 2.24) is 10.2 Å². The lowest BCUT2D eigenvalue weighted by molar-refractivity contribution is 0.0942. The van der Waals surface area contributed by atoms with Crippen molar-refractivity contribution in [1.29, 1.82) is 0 Å². The van der Waals surface area contributed by atoms with E-state index in [0.29, 0.717) is 12.1 Å². The van der Waals surface area contributed by atoms with Crippen LogP contribution >= 0.6 is 38.6 Å². The Kier molecular flexibility index (Phi) is 5.15. The summed E-state index contributed by atoms with van der Waals surface area (Å²) in [6, 6.07) is 4.15. The van der Waals surface area contributed by atoms with E-state index >= 15 is 0 Å². The van der Waals surface area contributed by atoms with Crippen LogP contribution in [0.1, 0.15) is 22.0 Å². The van der Waals surface area contributed by atoms with Crippen LogP contribution in [0.4, 0.5) is 0 Å². The lowest BCUT2D eigenvalue weighted by Crippen LogP contribution is -2.34. The molecule has 1 amide bonds. The quantitative estimate of drug-likeness (QED) is 0.885. The van der Waals surface area contributed by atoms with Crippen LogP contribution in [0.3, 0.4) is 0 Å². The highest BCUT2D eigenvalue weighted by molar-refractivity contribution is 9.11. The number of nitrogens with one attached hydrogen (secondary N) is 1. The Morgan fingerprint density at radius 3 is 2.79 bits per heavy atom. The molecule has 0 spiro atoms. The van der Waals surface area contributed by atoms with Crippen molar-refractivity contribution in [3.05, 3.63) is 43.2 Å². The van der Waals surface area contributed by atoms with E-state index in [0.717, 1.165) is 3.79 Å². The van der Waals surface area contributed by atoms with Crippen molar-refractivity contribution in [3.63, 3.8) is 0 Å². The third-order valence-electron chi connectivity index (χ3n) is 2.84. The molecule has 0 aliphatic rings. The third kappa shape index (κ3) is 3.89. The fourth-order valence-corrected chi connectivity index (χ4v) is 3.63. The predicted molar refractivity (Wildman–Crippen MR) is 85.1 cm³/mol. The number of carbonyl (C=O) groups is 1. The molecule has 2 aromatic heterocycles. The Bertz CT molecular complexity index is 537. The summed E-state index contributed by atoms with van der Waals surface area (Å²) in [6.45, 7) is 0.607. The van der Waals surface area contributed by atoms with Crippen LogP contribution < -0.4 is 5.32 Å². The summed E-state index contributed by atoms with van der Waals surface area (Å²) < 4.78 is 0.972. The van der Waals surface area contributed by atoms with E-state index < -0.39 is 0 Å². The number of amides is 1. The summed E-state index contributed by atoms with van der Waals surface area (Å²) in [7, 11) is 4.05. The van der Waals surface area contributed by atoms with Crippen molar-refractivity contribution < 1.29 is 4.79 Å². The molecule has 1 unspecified atom stereocenters. The highest BCUT2D eigenvalue weighted by Crippen LogP contribution is 2.22. The largest absolute Gasteiger partial charge is 0.350 e. The van der Waals surface area contributed by atoms with Gasteiger partial charge < -0.3 is 10.2 Å². The summed E-state index contributed by atoms with van der Waals surface area (Å²) in [6.07, 6.45) is 0. The van der Waals surface area contributed by atoms with Crippen LogP contribution in [0.2, 0.25) is 0 Å². The Labute approximate surface area is 129 Å². The molecule has 0 aliphatic carbocycles. The zero-order valence-corrected chi connectivity index (χ0v) is 13.9. The van der Waals surface area contributed by atoms with Gasteiger partial charge in [0.05, 0.1) is 15.4 Å². The molecule has 0 aromatic carbocycles. The molecule has 3 nitrogen and oxygen atoms in total. The Balaban J connectivity index is 1.98. The Hall–Kier alpha value is -0.690. The number of carbonyl (C=O) groups excluding carboxylic acids is 1. The molecule has 0 aliphatic heterocycles. The first-order chi connectivity index (χ1) is 9.08. The van der Waals surface area contributed by atoms with Gasteiger partial charge >= 0.3 is 0 Å². The van der Waals surface area contributed by atoms with Crippen LogP contribution in [-0.4, -0.2) is 31.4 Å². The van der Waals surface area contributed by atoms with Crippen LogP contribution in [0.5, 0.6) is 0 Å². The van der Waals surface area contributed by atoms with Gasteiger partial charge in [-0.3, -0.25) is 4.79 Å². The average Bonchev–Trinajstić information content (AvgIpc) is 3.00. The maximum absolute atomic E-state index is 12.0. The third-order valence-corrected chi connectivity index (χ3v) is 5.04. The van der Waals surface area contributed by atoms with Gasteiger partial charge in [0.2, 0.25) is 0 Å². The normalized spacial score (nSPS) is 12.6. The second kappa shape index (κ2) is 6.65. The van der Waals surface area contributed by atoms with E-state index in [4.69, 9.17) is 0 Å². The summed E-state index contributed by atoms with van der Waals surface area (Å²) in [5.74, 6) is -0.0240. The molecule has 1 N–H and O–H groups in total. The molecule has 0 saturated heterocycles. The number of nitrogens with zero attached hydrogens (tertiary/aromatic N) is 1. The van der Waals surface area contributed by atoms with E-state index in [9.17, 15) is 4.79 Å². The average molecular weight is 359 g/mol. The zero-order chi connectivity index (χ0) is 13.8. The first-order valence-electron chi connectivity index (χ1n) is 5.78. The van der Waals surface area contributed by atoms with E-state index in [1.165, 1.54) is 16.9 Å². The lowest BCUT2D eigenvalue weighted by atomic mass is 10.1. The maximum Gasteiger partial charge on any atom is 0.252 e. The second-order valence-corrected chi connectivity index (χ2v) is 7.46. The zero-order valence-electron chi connectivity index (χ0n) is 10.7. The monoisotopic (exact) mass is 358 g/mol. The van der Waals surface area contributed by atoms with Gasteiger partial charge in [-0.25, -0.2) is 0 Å². The fourth-order valence-electron chi connectivity index (χ4n) is 1.78. The topological polar surface area (TPSA) is 32.3 Å². The number of halogens is 1. The first kappa shape index (κ1) is 14.7. The van der Waals surface area contributed by atoms with Gasteiger partial charge in [-0.1, -0.05) is 0 Å². The molecular formula is C13H15BrN2OS2. The molecule has 2 aromatic rings. The number of rotatable bonds is 5. The minimum atomic E-state index is -0.0240. The smallest absolute Gasteiger partial charge is 0.252 e. The summed E-state index contributed by atoms with van der Waals surface area (Å²) in [5.41, 5.74) is 1.95. The molecule has 0 radical (unpaired) electrons. The molecule has 0 fully saturated rings. The molecule has 102 valence electrons. The fraction of sp³-hybridized carbons (Fsp3) is 0.308. The van der Waals surface area contributed by atoms with Crippen LogP contribution in [0, 0.1) is 0 Å². The minimum absolute atomic E-state index is 0.0240. The van der Waals surface area contributed by atoms with Gasteiger partial charge in [-0.2, -0.15) is 11.3 Å². The number of hydrogen-bond acceptors (Lipinski definition) is 4. The van der Waals surface area contributed by atoms with Gasteiger partial charge in [0.1, 0.15) is 0 Å². The molecule has 2 rings (SSSR count). The van der Waals surface area contributed by atoms with Crippen molar-refractivity contribution in [2.45, 2.75) is 6.04 Å². The van der Waals surface area contributed by atoms with Gasteiger partial charge in [0.25, 0.3) is 5.91 Å². The van der Waals surface area contributed by atoms with E-state index in [-0.39, 0.29) is 11.9 Å².